The molecule has 6 heteroatoms. The van der Waals surface area contributed by atoms with Gasteiger partial charge in [-0.05, 0) is 43.2 Å². The first-order chi connectivity index (χ1) is 12.2. The second kappa shape index (κ2) is 8.28. The van der Waals surface area contributed by atoms with E-state index in [2.05, 4.69) is 10.6 Å². The molecule has 132 valence electrons. The number of ether oxygens (including phenoxy) is 3. The summed E-state index contributed by atoms with van der Waals surface area (Å²) >= 11 is 0. The van der Waals surface area contributed by atoms with Gasteiger partial charge in [0.2, 0.25) is 6.79 Å². The van der Waals surface area contributed by atoms with E-state index in [1.54, 1.807) is 0 Å². The summed E-state index contributed by atoms with van der Waals surface area (Å²) in [6.45, 7) is 3.83. The Balaban J connectivity index is 1.30. The molecule has 6 nitrogen and oxygen atoms in total. The maximum absolute atomic E-state index is 11.8. The minimum atomic E-state index is -0.201. The molecule has 2 N–H and O–H groups in total. The number of nitrogens with one attached hydrogen (secondary N) is 2. The standard InChI is InChI=1S/C19H22N2O4/c1-14-3-6-16(7-4-14)23-10-2-9-20-19(22)21-12-15-5-8-17-18(11-15)25-13-24-17/h3-8,11H,2,9-10,12-13H2,1H3,(H2,20,21,22). The predicted octanol–water partition coefficient (Wildman–Crippen LogP) is 2.99. The van der Waals surface area contributed by atoms with Crippen molar-refractivity contribution in [3.63, 3.8) is 0 Å². The molecular formula is C19H22N2O4. The molecule has 0 unspecified atom stereocenters. The van der Waals surface area contributed by atoms with Gasteiger partial charge in [0.15, 0.2) is 11.5 Å². The molecule has 0 saturated carbocycles. The molecule has 2 aromatic carbocycles. The largest absolute Gasteiger partial charge is 0.494 e. The highest BCUT2D eigenvalue weighted by Crippen LogP contribution is 2.32. The summed E-state index contributed by atoms with van der Waals surface area (Å²) in [4.78, 5) is 11.8. The van der Waals surface area contributed by atoms with Gasteiger partial charge in [-0.1, -0.05) is 23.8 Å². The van der Waals surface area contributed by atoms with Gasteiger partial charge in [-0.2, -0.15) is 0 Å². The molecule has 25 heavy (non-hydrogen) atoms. The number of amides is 2. The monoisotopic (exact) mass is 342 g/mol. The van der Waals surface area contributed by atoms with Gasteiger partial charge in [0, 0.05) is 13.1 Å². The van der Waals surface area contributed by atoms with E-state index in [1.807, 2.05) is 49.4 Å². The highest BCUT2D eigenvalue weighted by atomic mass is 16.7. The lowest BCUT2D eigenvalue weighted by Gasteiger charge is -2.09. The maximum atomic E-state index is 11.8. The normalized spacial score (nSPS) is 11.9. The van der Waals surface area contributed by atoms with Gasteiger partial charge in [0.25, 0.3) is 0 Å². The van der Waals surface area contributed by atoms with Crippen molar-refractivity contribution in [2.45, 2.75) is 19.9 Å². The van der Waals surface area contributed by atoms with Gasteiger partial charge < -0.3 is 24.8 Å². The van der Waals surface area contributed by atoms with Crippen LogP contribution < -0.4 is 24.8 Å². The fourth-order valence-corrected chi connectivity index (χ4v) is 2.39. The van der Waals surface area contributed by atoms with Crippen molar-refractivity contribution in [2.24, 2.45) is 0 Å². The second-order valence-corrected chi connectivity index (χ2v) is 5.81. The van der Waals surface area contributed by atoms with Crippen LogP contribution in [0.5, 0.6) is 17.2 Å². The molecule has 0 atom stereocenters. The first kappa shape index (κ1) is 17.0. The fraction of sp³-hybridized carbons (Fsp3) is 0.316. The number of hydrogen-bond donors (Lipinski definition) is 2. The number of carbonyl (C=O) groups is 1. The zero-order chi connectivity index (χ0) is 17.5. The van der Waals surface area contributed by atoms with Crippen LogP contribution >= 0.6 is 0 Å². The maximum Gasteiger partial charge on any atom is 0.315 e. The highest BCUT2D eigenvalue weighted by Gasteiger charge is 2.13. The Hall–Kier alpha value is -2.89. The summed E-state index contributed by atoms with van der Waals surface area (Å²) in [5, 5.41) is 5.63. The smallest absolute Gasteiger partial charge is 0.315 e. The molecule has 0 radical (unpaired) electrons. The topological polar surface area (TPSA) is 68.8 Å². The Labute approximate surface area is 147 Å². The Morgan fingerprint density at radius 2 is 1.88 bits per heavy atom. The first-order valence-corrected chi connectivity index (χ1v) is 8.30. The van der Waals surface area contributed by atoms with Gasteiger partial charge >= 0.3 is 6.03 Å². The van der Waals surface area contributed by atoms with Crippen LogP contribution in [0, 0.1) is 6.92 Å². The lowest BCUT2D eigenvalue weighted by molar-refractivity contribution is 0.174. The third-order valence-electron chi connectivity index (χ3n) is 3.79. The summed E-state index contributed by atoms with van der Waals surface area (Å²) in [5.74, 6) is 2.30. The SMILES string of the molecule is Cc1ccc(OCCCNC(=O)NCc2ccc3c(c2)OCO3)cc1. The van der Waals surface area contributed by atoms with Gasteiger partial charge in [-0.15, -0.1) is 0 Å². The second-order valence-electron chi connectivity index (χ2n) is 5.81. The molecular weight excluding hydrogens is 320 g/mol. The Morgan fingerprint density at radius 1 is 1.08 bits per heavy atom. The van der Waals surface area contributed by atoms with Crippen molar-refractivity contribution in [3.05, 3.63) is 53.6 Å². The lowest BCUT2D eigenvalue weighted by Crippen LogP contribution is -2.35. The lowest BCUT2D eigenvalue weighted by atomic mass is 10.2. The van der Waals surface area contributed by atoms with Crippen LogP contribution in [0.2, 0.25) is 0 Å². The van der Waals surface area contributed by atoms with Crippen LogP contribution in [0.1, 0.15) is 17.5 Å². The minimum Gasteiger partial charge on any atom is -0.494 e. The van der Waals surface area contributed by atoms with E-state index >= 15 is 0 Å². The molecule has 1 heterocycles. The zero-order valence-corrected chi connectivity index (χ0v) is 14.2. The van der Waals surface area contributed by atoms with E-state index in [-0.39, 0.29) is 12.8 Å². The summed E-state index contributed by atoms with van der Waals surface area (Å²) < 4.78 is 16.2. The van der Waals surface area contributed by atoms with Gasteiger partial charge in [-0.3, -0.25) is 0 Å². The fourth-order valence-electron chi connectivity index (χ4n) is 2.39. The molecule has 1 aliphatic heterocycles. The number of fused-ring (bicyclic) bond motifs is 1. The minimum absolute atomic E-state index is 0.201. The number of benzene rings is 2. The van der Waals surface area contributed by atoms with Crippen molar-refractivity contribution in [1.29, 1.82) is 0 Å². The summed E-state index contributed by atoms with van der Waals surface area (Å²) in [6, 6.07) is 13.3. The molecule has 0 aliphatic carbocycles. The van der Waals surface area contributed by atoms with Crippen LogP contribution in [-0.4, -0.2) is 26.0 Å². The van der Waals surface area contributed by atoms with E-state index < -0.39 is 0 Å². The van der Waals surface area contributed by atoms with Crippen LogP contribution in [0.3, 0.4) is 0 Å². The number of rotatable bonds is 7. The van der Waals surface area contributed by atoms with Crippen molar-refractivity contribution < 1.29 is 19.0 Å². The van der Waals surface area contributed by atoms with Crippen LogP contribution in [0.25, 0.3) is 0 Å². The van der Waals surface area contributed by atoms with E-state index in [0.29, 0.717) is 25.4 Å². The molecule has 1 aliphatic rings. The molecule has 0 saturated heterocycles. The van der Waals surface area contributed by atoms with Crippen LogP contribution in [0.15, 0.2) is 42.5 Å². The third kappa shape index (κ3) is 5.04. The Morgan fingerprint density at radius 3 is 2.72 bits per heavy atom. The molecule has 2 amide bonds. The Kier molecular flexibility index (Phi) is 5.61. The first-order valence-electron chi connectivity index (χ1n) is 8.30. The van der Waals surface area contributed by atoms with Crippen molar-refractivity contribution in [3.8, 4) is 17.2 Å². The Bertz CT molecular complexity index is 716. The van der Waals surface area contributed by atoms with E-state index in [4.69, 9.17) is 14.2 Å². The average molecular weight is 342 g/mol. The van der Waals surface area contributed by atoms with Crippen LogP contribution in [-0.2, 0) is 6.54 Å². The highest BCUT2D eigenvalue weighted by molar-refractivity contribution is 5.73. The summed E-state index contributed by atoms with van der Waals surface area (Å²) in [5.41, 5.74) is 2.16. The van der Waals surface area contributed by atoms with Crippen molar-refractivity contribution in [1.82, 2.24) is 10.6 Å². The number of aryl methyl sites for hydroxylation is 1. The molecule has 0 bridgehead atoms. The summed E-state index contributed by atoms with van der Waals surface area (Å²) in [7, 11) is 0. The molecule has 0 aromatic heterocycles. The molecule has 0 fully saturated rings. The zero-order valence-electron chi connectivity index (χ0n) is 14.2. The van der Waals surface area contributed by atoms with Crippen molar-refractivity contribution in [2.75, 3.05) is 19.9 Å². The predicted molar refractivity (Wildman–Crippen MR) is 94.1 cm³/mol. The van der Waals surface area contributed by atoms with E-state index in [9.17, 15) is 4.79 Å². The van der Waals surface area contributed by atoms with Gasteiger partial charge in [0.05, 0.1) is 6.61 Å². The van der Waals surface area contributed by atoms with Crippen LogP contribution in [0.4, 0.5) is 4.79 Å². The molecule has 2 aromatic rings. The number of carbonyl (C=O) groups excluding carboxylic acids is 1. The number of urea groups is 1. The van der Waals surface area contributed by atoms with E-state index in [0.717, 1.165) is 23.5 Å². The van der Waals surface area contributed by atoms with Gasteiger partial charge in [-0.25, -0.2) is 4.79 Å². The summed E-state index contributed by atoms with van der Waals surface area (Å²) in [6.07, 6.45) is 0.741. The van der Waals surface area contributed by atoms with Crippen molar-refractivity contribution >= 4 is 6.03 Å². The molecule has 3 rings (SSSR count). The number of hydrogen-bond acceptors (Lipinski definition) is 4. The van der Waals surface area contributed by atoms with Gasteiger partial charge in [0.1, 0.15) is 5.75 Å². The molecule has 0 spiro atoms. The van der Waals surface area contributed by atoms with E-state index in [1.165, 1.54) is 5.56 Å². The quantitative estimate of drug-likeness (QED) is 0.759. The average Bonchev–Trinajstić information content (AvgIpc) is 3.09. The third-order valence-corrected chi connectivity index (χ3v) is 3.79.